The summed E-state index contributed by atoms with van der Waals surface area (Å²) in [6.07, 6.45) is 1.62. The van der Waals surface area contributed by atoms with E-state index in [2.05, 4.69) is 9.85 Å². The fraction of sp³-hybridized carbons (Fsp3) is 0.600. The van der Waals surface area contributed by atoms with Gasteiger partial charge in [0, 0.05) is 35.6 Å². The van der Waals surface area contributed by atoms with Crippen molar-refractivity contribution >= 4 is 22.6 Å². The van der Waals surface area contributed by atoms with Gasteiger partial charge in [0.15, 0.2) is 0 Å². The lowest BCUT2D eigenvalue weighted by molar-refractivity contribution is 0.290. The SMILES string of the molecule is OCCCC#CI. The second kappa shape index (κ2) is 6.25. The molecule has 0 spiro atoms. The molecular formula is C5H7IO. The van der Waals surface area contributed by atoms with Crippen LogP contribution in [0.25, 0.3) is 0 Å². The lowest BCUT2D eigenvalue weighted by Crippen LogP contribution is -1.77. The van der Waals surface area contributed by atoms with E-state index in [9.17, 15) is 0 Å². The molecule has 7 heavy (non-hydrogen) atoms. The first kappa shape index (κ1) is 7.25. The van der Waals surface area contributed by atoms with Gasteiger partial charge in [0.2, 0.25) is 0 Å². The Morgan fingerprint density at radius 1 is 1.57 bits per heavy atom. The van der Waals surface area contributed by atoms with Crippen molar-refractivity contribution in [2.45, 2.75) is 12.8 Å². The Balaban J connectivity index is 2.78. The number of aliphatic hydroxyl groups excluding tert-OH is 1. The molecule has 0 aromatic heterocycles. The summed E-state index contributed by atoms with van der Waals surface area (Å²) in [5, 5.41) is 8.22. The Hall–Kier alpha value is 0.250. The monoisotopic (exact) mass is 210 g/mol. The van der Waals surface area contributed by atoms with Crippen molar-refractivity contribution in [1.29, 1.82) is 0 Å². The fourth-order valence-electron chi connectivity index (χ4n) is 0.215. The Morgan fingerprint density at radius 2 is 2.29 bits per heavy atom. The van der Waals surface area contributed by atoms with E-state index in [4.69, 9.17) is 5.11 Å². The van der Waals surface area contributed by atoms with Gasteiger partial charge in [-0.25, -0.2) is 0 Å². The zero-order valence-electron chi connectivity index (χ0n) is 3.95. The fourth-order valence-corrected chi connectivity index (χ4v) is 0.484. The quantitative estimate of drug-likeness (QED) is 0.411. The van der Waals surface area contributed by atoms with E-state index in [0.29, 0.717) is 0 Å². The second-order valence-corrected chi connectivity index (χ2v) is 1.64. The Morgan fingerprint density at radius 3 is 2.71 bits per heavy atom. The maximum Gasteiger partial charge on any atom is 0.0440 e. The molecule has 0 aliphatic heterocycles. The van der Waals surface area contributed by atoms with Crippen molar-refractivity contribution in [2.75, 3.05) is 6.61 Å². The van der Waals surface area contributed by atoms with Gasteiger partial charge in [-0.15, -0.1) is 0 Å². The zero-order chi connectivity index (χ0) is 5.54. The number of aliphatic hydroxyl groups is 1. The number of hydrogen-bond donors (Lipinski definition) is 1. The minimum atomic E-state index is 0.255. The van der Waals surface area contributed by atoms with Crippen LogP contribution in [-0.2, 0) is 0 Å². The van der Waals surface area contributed by atoms with Gasteiger partial charge in [0.1, 0.15) is 0 Å². The van der Waals surface area contributed by atoms with Gasteiger partial charge in [-0.3, -0.25) is 0 Å². The van der Waals surface area contributed by atoms with E-state index in [1.54, 1.807) is 0 Å². The van der Waals surface area contributed by atoms with E-state index in [1.807, 2.05) is 22.6 Å². The maximum absolute atomic E-state index is 8.22. The predicted octanol–water partition coefficient (Wildman–Crippen LogP) is 1.15. The lowest BCUT2D eigenvalue weighted by atomic mass is 10.3. The molecule has 0 atom stereocenters. The van der Waals surface area contributed by atoms with Crippen LogP contribution in [0, 0.1) is 9.85 Å². The normalized spacial score (nSPS) is 7.14. The van der Waals surface area contributed by atoms with Crippen molar-refractivity contribution < 1.29 is 5.11 Å². The van der Waals surface area contributed by atoms with Gasteiger partial charge in [-0.1, -0.05) is 5.92 Å². The molecular weight excluding hydrogens is 203 g/mol. The summed E-state index contributed by atoms with van der Waals surface area (Å²) in [7, 11) is 0. The number of rotatable bonds is 2. The largest absolute Gasteiger partial charge is 0.396 e. The first-order chi connectivity index (χ1) is 3.41. The van der Waals surface area contributed by atoms with Crippen LogP contribution in [0.4, 0.5) is 0 Å². The van der Waals surface area contributed by atoms with Gasteiger partial charge in [0.25, 0.3) is 0 Å². The molecule has 0 bridgehead atoms. The van der Waals surface area contributed by atoms with Crippen molar-refractivity contribution in [2.24, 2.45) is 0 Å². The highest BCUT2D eigenvalue weighted by molar-refractivity contribution is 14.1. The lowest BCUT2D eigenvalue weighted by Gasteiger charge is -1.80. The van der Waals surface area contributed by atoms with Crippen LogP contribution in [0.1, 0.15) is 12.8 Å². The van der Waals surface area contributed by atoms with Crippen molar-refractivity contribution in [3.63, 3.8) is 0 Å². The molecule has 0 aliphatic rings. The molecule has 0 aromatic rings. The number of unbranched alkanes of at least 4 members (excludes halogenated alkanes) is 1. The van der Waals surface area contributed by atoms with Crippen LogP contribution in [0.15, 0.2) is 0 Å². The molecule has 0 fully saturated rings. The van der Waals surface area contributed by atoms with E-state index in [0.717, 1.165) is 12.8 Å². The molecule has 40 valence electrons. The van der Waals surface area contributed by atoms with Crippen molar-refractivity contribution in [3.8, 4) is 9.85 Å². The van der Waals surface area contributed by atoms with Crippen molar-refractivity contribution in [1.82, 2.24) is 0 Å². The first-order valence-electron chi connectivity index (χ1n) is 2.11. The highest BCUT2D eigenvalue weighted by atomic mass is 127. The van der Waals surface area contributed by atoms with E-state index in [-0.39, 0.29) is 6.61 Å². The van der Waals surface area contributed by atoms with Crippen LogP contribution in [-0.4, -0.2) is 11.7 Å². The van der Waals surface area contributed by atoms with E-state index < -0.39 is 0 Å². The topological polar surface area (TPSA) is 20.2 Å². The van der Waals surface area contributed by atoms with Gasteiger partial charge >= 0.3 is 0 Å². The minimum absolute atomic E-state index is 0.255. The van der Waals surface area contributed by atoms with Gasteiger partial charge < -0.3 is 5.11 Å². The molecule has 0 amide bonds. The van der Waals surface area contributed by atoms with Crippen LogP contribution in [0.3, 0.4) is 0 Å². The third-order valence-electron chi connectivity index (χ3n) is 0.527. The third-order valence-corrected chi connectivity index (χ3v) is 0.908. The summed E-state index contributed by atoms with van der Waals surface area (Å²) >= 11 is 1.98. The molecule has 0 unspecified atom stereocenters. The van der Waals surface area contributed by atoms with Crippen LogP contribution >= 0.6 is 22.6 Å². The highest BCUT2D eigenvalue weighted by Crippen LogP contribution is 1.83. The average Bonchev–Trinajstić information content (AvgIpc) is 1.69. The first-order valence-corrected chi connectivity index (χ1v) is 3.19. The molecule has 0 saturated heterocycles. The Labute approximate surface area is 57.3 Å². The van der Waals surface area contributed by atoms with E-state index >= 15 is 0 Å². The summed E-state index contributed by atoms with van der Waals surface area (Å²) in [5.74, 6) is 2.83. The summed E-state index contributed by atoms with van der Waals surface area (Å²) in [5.41, 5.74) is 0. The second-order valence-electron chi connectivity index (χ2n) is 1.10. The molecule has 0 heterocycles. The standard InChI is InChI=1S/C5H7IO/c6-4-2-1-3-5-7/h7H,1,3,5H2. The summed E-state index contributed by atoms with van der Waals surface area (Å²) in [6, 6.07) is 0. The van der Waals surface area contributed by atoms with Crippen molar-refractivity contribution in [3.05, 3.63) is 0 Å². The van der Waals surface area contributed by atoms with Crippen LogP contribution < -0.4 is 0 Å². The molecule has 0 radical (unpaired) electrons. The molecule has 1 N–H and O–H groups in total. The summed E-state index contributed by atoms with van der Waals surface area (Å²) in [6.45, 7) is 0.255. The molecule has 2 heteroatoms. The van der Waals surface area contributed by atoms with Gasteiger partial charge in [-0.2, -0.15) is 0 Å². The zero-order valence-corrected chi connectivity index (χ0v) is 6.10. The minimum Gasteiger partial charge on any atom is -0.396 e. The average molecular weight is 210 g/mol. The summed E-state index contributed by atoms with van der Waals surface area (Å²) in [4.78, 5) is 0. The Kier molecular flexibility index (Phi) is 6.47. The van der Waals surface area contributed by atoms with Gasteiger partial charge in [0.05, 0.1) is 0 Å². The highest BCUT2D eigenvalue weighted by Gasteiger charge is 1.74. The molecule has 0 aliphatic carbocycles. The predicted molar refractivity (Wildman–Crippen MR) is 38.1 cm³/mol. The molecule has 1 nitrogen and oxygen atoms in total. The third kappa shape index (κ3) is 6.25. The van der Waals surface area contributed by atoms with Gasteiger partial charge in [-0.05, 0) is 10.3 Å². The molecule has 0 aromatic carbocycles. The molecule has 0 rings (SSSR count). The summed E-state index contributed by atoms with van der Waals surface area (Å²) < 4.78 is 2.71. The Bertz CT molecular complexity index is 79.8. The molecule has 0 saturated carbocycles. The maximum atomic E-state index is 8.22. The van der Waals surface area contributed by atoms with Crippen LogP contribution in [0.5, 0.6) is 0 Å². The smallest absolute Gasteiger partial charge is 0.0440 e. The van der Waals surface area contributed by atoms with E-state index in [1.165, 1.54) is 0 Å². The number of hydrogen-bond acceptors (Lipinski definition) is 1. The number of halogens is 1. The van der Waals surface area contributed by atoms with Crippen LogP contribution in [0.2, 0.25) is 0 Å².